The number of nitrogens with one attached hydrogen (secondary N) is 2. The average molecular weight is 486 g/mol. The maximum atomic E-state index is 14.5. The number of amides is 1. The first kappa shape index (κ1) is 23.1. The molecule has 2 aliphatic heterocycles. The Morgan fingerprint density at radius 1 is 1.34 bits per heavy atom. The van der Waals surface area contributed by atoms with Gasteiger partial charge >= 0.3 is 6.09 Å². The van der Waals surface area contributed by atoms with Crippen LogP contribution in [0, 0.1) is 5.82 Å². The molecule has 0 radical (unpaired) electrons. The van der Waals surface area contributed by atoms with Crippen LogP contribution in [0.1, 0.15) is 33.6 Å². The quantitative estimate of drug-likeness (QED) is 0.386. The van der Waals surface area contributed by atoms with Crippen LogP contribution in [0.5, 0.6) is 5.88 Å². The van der Waals surface area contributed by atoms with Crippen LogP contribution in [-0.2, 0) is 4.74 Å². The van der Waals surface area contributed by atoms with E-state index in [1.165, 1.54) is 11.8 Å². The lowest BCUT2D eigenvalue weighted by atomic mass is 10.1. The third-order valence-electron chi connectivity index (χ3n) is 5.52. The number of hydrogen-bond acceptors (Lipinski definition) is 8. The number of aromatic nitrogens is 3. The highest BCUT2D eigenvalue weighted by Crippen LogP contribution is 2.33. The number of nitrogens with zero attached hydrogens (tertiary/aromatic N) is 3. The molecule has 1 amide bonds. The number of pyridine rings is 1. The van der Waals surface area contributed by atoms with Crippen LogP contribution in [0.4, 0.5) is 9.18 Å². The molecule has 0 aromatic carbocycles. The molecule has 2 bridgehead atoms. The van der Waals surface area contributed by atoms with Crippen LogP contribution in [0.2, 0.25) is 5.15 Å². The number of rotatable bonds is 4. The predicted octanol–water partition coefficient (Wildman–Crippen LogP) is 2.95. The van der Waals surface area contributed by atoms with Crippen molar-refractivity contribution in [3.05, 3.63) is 21.3 Å². The number of piperazine rings is 1. The lowest BCUT2D eigenvalue weighted by molar-refractivity contribution is 0.00115. The standard InChI is InChI=1S/C20H25ClFN5O4S/c1-20(2,3)31-19(29)27-9-5-6-11(27)10(23-7-9)8-30-17-12-14(13(22)15(21)25-17)24-18(32-4)26-16(12)28/h9-11,23H,5-8H2,1-4H3,(H,24,26,28)/t9-,10-,11+/m1/s1. The number of halogens is 2. The van der Waals surface area contributed by atoms with Gasteiger partial charge in [-0.1, -0.05) is 23.4 Å². The van der Waals surface area contributed by atoms with Crippen LogP contribution in [0.3, 0.4) is 0 Å². The molecule has 0 spiro atoms. The highest BCUT2D eigenvalue weighted by molar-refractivity contribution is 7.98. The fraction of sp³-hybridized carbons (Fsp3) is 0.600. The Morgan fingerprint density at radius 2 is 2.09 bits per heavy atom. The van der Waals surface area contributed by atoms with Crippen LogP contribution < -0.4 is 15.6 Å². The van der Waals surface area contributed by atoms with E-state index in [1.54, 1.807) is 11.2 Å². The molecular formula is C20H25ClFN5O4S. The minimum Gasteiger partial charge on any atom is -0.475 e. The smallest absolute Gasteiger partial charge is 0.410 e. The Balaban J connectivity index is 1.58. The fourth-order valence-electron chi connectivity index (χ4n) is 4.17. The summed E-state index contributed by atoms with van der Waals surface area (Å²) in [5, 5.41) is 3.12. The number of carbonyl (C=O) groups excluding carboxylic acids is 1. The molecule has 2 N–H and O–H groups in total. The molecule has 32 heavy (non-hydrogen) atoms. The van der Waals surface area contributed by atoms with E-state index in [0.717, 1.165) is 12.8 Å². The molecule has 0 saturated carbocycles. The molecule has 0 unspecified atom stereocenters. The number of ether oxygens (including phenoxy) is 2. The van der Waals surface area contributed by atoms with Crippen molar-refractivity contribution in [2.24, 2.45) is 0 Å². The van der Waals surface area contributed by atoms with Crippen molar-refractivity contribution in [2.45, 2.75) is 62.5 Å². The summed E-state index contributed by atoms with van der Waals surface area (Å²) >= 11 is 7.11. The van der Waals surface area contributed by atoms with E-state index in [0.29, 0.717) is 6.54 Å². The Bertz CT molecular complexity index is 1110. The van der Waals surface area contributed by atoms with E-state index in [-0.39, 0.29) is 52.8 Å². The van der Waals surface area contributed by atoms with Crippen molar-refractivity contribution in [2.75, 3.05) is 19.4 Å². The van der Waals surface area contributed by atoms with Gasteiger partial charge in [0.1, 0.15) is 23.1 Å². The number of hydrogen-bond donors (Lipinski definition) is 2. The largest absolute Gasteiger partial charge is 0.475 e. The number of carbonyl (C=O) groups is 1. The van der Waals surface area contributed by atoms with Crippen molar-refractivity contribution < 1.29 is 18.7 Å². The highest BCUT2D eigenvalue weighted by atomic mass is 35.5. The first-order valence-corrected chi connectivity index (χ1v) is 11.9. The van der Waals surface area contributed by atoms with Gasteiger partial charge in [-0.25, -0.2) is 14.2 Å². The molecule has 2 aliphatic rings. The zero-order chi connectivity index (χ0) is 23.2. The molecule has 2 fully saturated rings. The van der Waals surface area contributed by atoms with E-state index in [2.05, 4.69) is 20.3 Å². The van der Waals surface area contributed by atoms with E-state index in [4.69, 9.17) is 21.1 Å². The van der Waals surface area contributed by atoms with Gasteiger partial charge < -0.3 is 19.8 Å². The van der Waals surface area contributed by atoms with Crippen molar-refractivity contribution in [1.82, 2.24) is 25.2 Å². The van der Waals surface area contributed by atoms with Gasteiger partial charge in [0.2, 0.25) is 5.88 Å². The zero-order valence-corrected chi connectivity index (χ0v) is 19.8. The number of aromatic amines is 1. The molecule has 12 heteroatoms. The van der Waals surface area contributed by atoms with Gasteiger partial charge in [-0.2, -0.15) is 4.98 Å². The van der Waals surface area contributed by atoms with Crippen molar-refractivity contribution in [1.29, 1.82) is 0 Å². The average Bonchev–Trinajstić information content (AvgIpc) is 3.03. The van der Waals surface area contributed by atoms with E-state index < -0.39 is 22.1 Å². The normalized spacial score (nSPS) is 22.9. The van der Waals surface area contributed by atoms with Gasteiger partial charge in [0, 0.05) is 12.6 Å². The number of H-pyrrole nitrogens is 1. The van der Waals surface area contributed by atoms with Crippen molar-refractivity contribution in [3.8, 4) is 5.88 Å². The van der Waals surface area contributed by atoms with Crippen LogP contribution in [0.25, 0.3) is 10.9 Å². The first-order valence-electron chi connectivity index (χ1n) is 10.3. The van der Waals surface area contributed by atoms with E-state index >= 15 is 0 Å². The Kier molecular flexibility index (Phi) is 6.25. The monoisotopic (exact) mass is 485 g/mol. The Hall–Kier alpha value is -2.11. The third-order valence-corrected chi connectivity index (χ3v) is 6.35. The van der Waals surface area contributed by atoms with Gasteiger partial charge in [-0.05, 0) is 39.9 Å². The molecule has 4 rings (SSSR count). The summed E-state index contributed by atoms with van der Waals surface area (Å²) in [5.74, 6) is -0.973. The molecule has 0 aliphatic carbocycles. The summed E-state index contributed by atoms with van der Waals surface area (Å²) in [6.45, 7) is 6.20. The van der Waals surface area contributed by atoms with E-state index in [1.807, 2.05) is 20.8 Å². The highest BCUT2D eigenvalue weighted by Gasteiger charge is 2.46. The summed E-state index contributed by atoms with van der Waals surface area (Å²) in [6.07, 6.45) is 3.01. The second-order valence-corrected chi connectivity index (χ2v) is 9.99. The predicted molar refractivity (Wildman–Crippen MR) is 119 cm³/mol. The molecule has 174 valence electrons. The molecule has 4 heterocycles. The topological polar surface area (TPSA) is 109 Å². The lowest BCUT2D eigenvalue weighted by Crippen LogP contribution is -2.61. The minimum absolute atomic E-state index is 0.0577. The second-order valence-electron chi connectivity index (χ2n) is 8.83. The fourth-order valence-corrected chi connectivity index (χ4v) is 4.72. The third kappa shape index (κ3) is 4.38. The van der Waals surface area contributed by atoms with Crippen LogP contribution in [-0.4, -0.2) is 69.1 Å². The van der Waals surface area contributed by atoms with Crippen LogP contribution >= 0.6 is 23.4 Å². The summed E-state index contributed by atoms with van der Waals surface area (Å²) in [5.41, 5.74) is -1.35. The van der Waals surface area contributed by atoms with Crippen molar-refractivity contribution >= 4 is 40.4 Å². The van der Waals surface area contributed by atoms with Gasteiger partial charge in [-0.15, -0.1) is 0 Å². The lowest BCUT2D eigenvalue weighted by Gasteiger charge is -2.40. The Morgan fingerprint density at radius 3 is 2.78 bits per heavy atom. The molecule has 3 atom stereocenters. The second kappa shape index (κ2) is 8.68. The Labute approximate surface area is 193 Å². The maximum Gasteiger partial charge on any atom is 0.410 e. The van der Waals surface area contributed by atoms with Crippen LogP contribution in [0.15, 0.2) is 9.95 Å². The summed E-state index contributed by atoms with van der Waals surface area (Å²) in [7, 11) is 0. The first-order chi connectivity index (χ1) is 15.1. The van der Waals surface area contributed by atoms with Gasteiger partial charge in [0.25, 0.3) is 5.56 Å². The van der Waals surface area contributed by atoms with E-state index in [9.17, 15) is 14.0 Å². The zero-order valence-electron chi connectivity index (χ0n) is 18.2. The van der Waals surface area contributed by atoms with Gasteiger partial charge in [0.05, 0.1) is 12.1 Å². The van der Waals surface area contributed by atoms with Crippen molar-refractivity contribution in [3.63, 3.8) is 0 Å². The maximum absolute atomic E-state index is 14.5. The summed E-state index contributed by atoms with van der Waals surface area (Å²) in [6, 6.07) is -0.299. The molecular weight excluding hydrogens is 461 g/mol. The number of thioether (sulfide) groups is 1. The number of fused-ring (bicyclic) bond motifs is 3. The minimum atomic E-state index is -0.874. The molecule has 2 saturated heterocycles. The summed E-state index contributed by atoms with van der Waals surface area (Å²) < 4.78 is 26.0. The van der Waals surface area contributed by atoms with Gasteiger partial charge in [-0.3, -0.25) is 9.69 Å². The molecule has 9 nitrogen and oxygen atoms in total. The molecule has 2 aromatic rings. The van der Waals surface area contributed by atoms with Gasteiger partial charge in [0.15, 0.2) is 16.1 Å². The summed E-state index contributed by atoms with van der Waals surface area (Å²) in [4.78, 5) is 37.7. The SMILES string of the molecule is CSc1nc2c(F)c(Cl)nc(OC[C@H]3NC[C@H]4CC[C@@H]3N4C(=O)OC(C)(C)C)c2c(=O)[nH]1. The molecule has 2 aromatic heterocycles.